The number of halogens is 1. The van der Waals surface area contributed by atoms with Crippen molar-refractivity contribution in [2.24, 2.45) is 5.92 Å². The molecule has 1 aromatic carbocycles. The zero-order valence-corrected chi connectivity index (χ0v) is 14.4. The van der Waals surface area contributed by atoms with E-state index in [1.807, 2.05) is 0 Å². The molecule has 0 radical (unpaired) electrons. The Morgan fingerprint density at radius 3 is 2.62 bits per heavy atom. The van der Waals surface area contributed by atoms with Crippen molar-refractivity contribution in [1.82, 2.24) is 4.90 Å². The van der Waals surface area contributed by atoms with Crippen molar-refractivity contribution in [1.29, 1.82) is 0 Å². The number of alkyl halides is 1. The van der Waals surface area contributed by atoms with Crippen LogP contribution in [0.25, 0.3) is 0 Å². The van der Waals surface area contributed by atoms with Crippen LogP contribution in [0.2, 0.25) is 0 Å². The molecule has 4 heteroatoms. The number of rotatable bonds is 4. The molecule has 3 rings (SSSR count). The lowest BCUT2D eigenvalue weighted by molar-refractivity contribution is 0.00891. The summed E-state index contributed by atoms with van der Waals surface area (Å²) in [5, 5.41) is 20.3. The molecule has 0 amide bonds. The van der Waals surface area contributed by atoms with E-state index in [9.17, 15) is 10.2 Å². The summed E-state index contributed by atoms with van der Waals surface area (Å²) < 4.78 is 1.20. The molecule has 21 heavy (non-hydrogen) atoms. The average molecular weight is 401 g/mol. The molecule has 2 aliphatic rings. The maximum absolute atomic E-state index is 10.2. The smallest absolute Gasteiger partial charge is 0.0966 e. The second-order valence-corrected chi connectivity index (χ2v) is 7.42. The van der Waals surface area contributed by atoms with Gasteiger partial charge in [-0.3, -0.25) is 4.90 Å². The van der Waals surface area contributed by atoms with E-state index in [-0.39, 0.29) is 6.04 Å². The number of aliphatic hydroxyl groups excluding tert-OH is 2. The van der Waals surface area contributed by atoms with Crippen molar-refractivity contribution >= 4 is 22.6 Å². The fraction of sp³-hybridized carbons (Fsp3) is 0.647. The highest BCUT2D eigenvalue weighted by Gasteiger charge is 2.47. The van der Waals surface area contributed by atoms with Crippen LogP contribution < -0.4 is 0 Å². The number of hydrogen-bond donors (Lipinski definition) is 2. The highest BCUT2D eigenvalue weighted by Crippen LogP contribution is 2.44. The van der Waals surface area contributed by atoms with Crippen LogP contribution in [0, 0.1) is 5.92 Å². The Morgan fingerprint density at radius 1 is 1.14 bits per heavy atom. The van der Waals surface area contributed by atoms with Gasteiger partial charge in [-0.25, -0.2) is 0 Å². The van der Waals surface area contributed by atoms with Gasteiger partial charge in [0.15, 0.2) is 0 Å². The molecule has 5 atom stereocenters. The quantitative estimate of drug-likeness (QED) is 0.603. The van der Waals surface area contributed by atoms with Crippen molar-refractivity contribution in [2.45, 2.75) is 50.0 Å². The lowest BCUT2D eigenvalue weighted by Crippen LogP contribution is -2.45. The van der Waals surface area contributed by atoms with Gasteiger partial charge >= 0.3 is 0 Å². The third-order valence-corrected chi connectivity index (χ3v) is 5.86. The Kier molecular flexibility index (Phi) is 5.19. The molecule has 0 bridgehead atoms. The molecule has 2 aliphatic heterocycles. The van der Waals surface area contributed by atoms with E-state index in [0.29, 0.717) is 18.5 Å². The lowest BCUT2D eigenvalue weighted by atomic mass is 9.79. The Bertz CT molecular complexity index is 455. The Morgan fingerprint density at radius 2 is 1.90 bits per heavy atom. The highest BCUT2D eigenvalue weighted by molar-refractivity contribution is 14.1. The van der Waals surface area contributed by atoms with Crippen LogP contribution in [0.5, 0.6) is 0 Å². The Labute approximate surface area is 140 Å². The van der Waals surface area contributed by atoms with Crippen molar-refractivity contribution < 1.29 is 10.2 Å². The van der Waals surface area contributed by atoms with Crippen LogP contribution in [0.3, 0.4) is 0 Å². The zero-order chi connectivity index (χ0) is 14.8. The maximum Gasteiger partial charge on any atom is 0.0966 e. The van der Waals surface area contributed by atoms with E-state index in [4.69, 9.17) is 0 Å². The number of benzene rings is 1. The van der Waals surface area contributed by atoms with Gasteiger partial charge in [0.05, 0.1) is 12.2 Å². The summed E-state index contributed by atoms with van der Waals surface area (Å²) >= 11 is 2.45. The van der Waals surface area contributed by atoms with Crippen LogP contribution in [0.1, 0.15) is 37.3 Å². The van der Waals surface area contributed by atoms with E-state index in [0.717, 1.165) is 12.8 Å². The van der Waals surface area contributed by atoms with Crippen LogP contribution >= 0.6 is 22.6 Å². The van der Waals surface area contributed by atoms with Gasteiger partial charge < -0.3 is 10.2 Å². The molecule has 3 unspecified atom stereocenters. The Hall–Kier alpha value is -0.170. The molecule has 0 aliphatic carbocycles. The predicted molar refractivity (Wildman–Crippen MR) is 92.5 cm³/mol. The first-order valence-electron chi connectivity index (χ1n) is 7.95. The topological polar surface area (TPSA) is 43.7 Å². The van der Waals surface area contributed by atoms with Crippen molar-refractivity contribution in [2.75, 3.05) is 11.0 Å². The average Bonchev–Trinajstić information content (AvgIpc) is 2.80. The molecule has 2 fully saturated rings. The first-order chi connectivity index (χ1) is 10.2. The van der Waals surface area contributed by atoms with Crippen molar-refractivity contribution in [3.63, 3.8) is 0 Å². The minimum absolute atomic E-state index is 0.126. The summed E-state index contributed by atoms with van der Waals surface area (Å²) in [5.74, 6) is 0.635. The standard InChI is InChI=1S/C17H24INO2/c18-10-4-7-13-8-9-14-17(21)15(20)11-19(14)16(13)12-5-2-1-3-6-12/h1-3,5-6,13-17,20-21H,4,7-11H2/t13?,14?,15-,16?,17+/m1/s1. The van der Waals surface area contributed by atoms with Gasteiger partial charge in [0.2, 0.25) is 0 Å². The first kappa shape index (κ1) is 15.7. The second kappa shape index (κ2) is 6.94. The van der Waals surface area contributed by atoms with E-state index in [2.05, 4.69) is 57.8 Å². The van der Waals surface area contributed by atoms with Gasteiger partial charge in [0.25, 0.3) is 0 Å². The summed E-state index contributed by atoms with van der Waals surface area (Å²) in [5.41, 5.74) is 1.34. The fourth-order valence-electron chi connectivity index (χ4n) is 4.14. The van der Waals surface area contributed by atoms with Gasteiger partial charge in [0, 0.05) is 18.6 Å². The van der Waals surface area contributed by atoms with Crippen molar-refractivity contribution in [3.05, 3.63) is 35.9 Å². The summed E-state index contributed by atoms with van der Waals surface area (Å²) in [6.45, 7) is 0.603. The molecule has 0 saturated carbocycles. The molecule has 1 aromatic rings. The third kappa shape index (κ3) is 3.14. The minimum atomic E-state index is -0.593. The van der Waals surface area contributed by atoms with Gasteiger partial charge in [0.1, 0.15) is 0 Å². The molecular weight excluding hydrogens is 377 g/mol. The predicted octanol–water partition coefficient (Wildman–Crippen LogP) is 2.76. The number of aliphatic hydroxyl groups is 2. The lowest BCUT2D eigenvalue weighted by Gasteiger charge is -2.44. The van der Waals surface area contributed by atoms with Crippen LogP contribution in [0.4, 0.5) is 0 Å². The summed E-state index contributed by atoms with van der Waals surface area (Å²) in [4.78, 5) is 2.37. The fourth-order valence-corrected chi connectivity index (χ4v) is 4.58. The summed E-state index contributed by atoms with van der Waals surface area (Å²) in [6, 6.07) is 11.1. The number of hydrogen-bond acceptors (Lipinski definition) is 3. The molecule has 3 nitrogen and oxygen atoms in total. The molecule has 2 saturated heterocycles. The normalized spacial score (nSPS) is 36.6. The highest BCUT2D eigenvalue weighted by atomic mass is 127. The molecular formula is C17H24INO2. The summed E-state index contributed by atoms with van der Waals surface area (Å²) in [6.07, 6.45) is 3.47. The van der Waals surface area contributed by atoms with E-state index < -0.39 is 12.2 Å². The molecule has 0 spiro atoms. The van der Waals surface area contributed by atoms with Gasteiger partial charge in [-0.05, 0) is 41.6 Å². The van der Waals surface area contributed by atoms with Crippen LogP contribution in [-0.2, 0) is 0 Å². The van der Waals surface area contributed by atoms with Gasteiger partial charge in [-0.2, -0.15) is 0 Å². The van der Waals surface area contributed by atoms with Crippen molar-refractivity contribution in [3.8, 4) is 0 Å². The van der Waals surface area contributed by atoms with E-state index in [1.54, 1.807) is 0 Å². The molecule has 2 N–H and O–H groups in total. The van der Waals surface area contributed by atoms with E-state index in [1.165, 1.54) is 22.8 Å². The maximum atomic E-state index is 10.2. The minimum Gasteiger partial charge on any atom is -0.389 e. The molecule has 2 heterocycles. The molecule has 0 aromatic heterocycles. The molecule has 116 valence electrons. The zero-order valence-electron chi connectivity index (χ0n) is 12.2. The summed E-state index contributed by atoms with van der Waals surface area (Å²) in [7, 11) is 0. The number of nitrogens with zero attached hydrogens (tertiary/aromatic N) is 1. The third-order valence-electron chi connectivity index (χ3n) is 5.10. The van der Waals surface area contributed by atoms with Crippen LogP contribution in [-0.4, -0.2) is 44.3 Å². The monoisotopic (exact) mass is 401 g/mol. The largest absolute Gasteiger partial charge is 0.389 e. The van der Waals surface area contributed by atoms with Crippen LogP contribution in [0.15, 0.2) is 30.3 Å². The number of piperidine rings is 1. The Balaban J connectivity index is 1.87. The van der Waals surface area contributed by atoms with E-state index >= 15 is 0 Å². The SMILES string of the molecule is O[C@@H]1CN2C(c3ccccc3)C(CCCI)CCC2[C@@H]1O. The van der Waals surface area contributed by atoms with Gasteiger partial charge in [-0.15, -0.1) is 0 Å². The first-order valence-corrected chi connectivity index (χ1v) is 9.47. The number of fused-ring (bicyclic) bond motifs is 1. The second-order valence-electron chi connectivity index (χ2n) is 6.35. The van der Waals surface area contributed by atoms with Gasteiger partial charge in [-0.1, -0.05) is 52.9 Å².